The fourth-order valence-electron chi connectivity index (χ4n) is 3.05. The number of halogens is 1. The molecule has 0 atom stereocenters. The molecule has 1 amide bonds. The molecule has 0 spiro atoms. The SMILES string of the molecule is COc1cc2c(cc1OC)CN(C(=O)COCc1ccccc1Cl)CC2. The van der Waals surface area contributed by atoms with Gasteiger partial charge >= 0.3 is 0 Å². The molecular weight excluding hydrogens is 354 g/mol. The molecule has 26 heavy (non-hydrogen) atoms. The van der Waals surface area contributed by atoms with E-state index in [1.165, 1.54) is 5.56 Å². The van der Waals surface area contributed by atoms with Gasteiger partial charge in [0, 0.05) is 18.1 Å². The van der Waals surface area contributed by atoms with Crippen LogP contribution in [0, 0.1) is 0 Å². The molecule has 2 aromatic rings. The average Bonchev–Trinajstić information content (AvgIpc) is 2.67. The molecular formula is C20H22ClNO4. The zero-order chi connectivity index (χ0) is 18.5. The molecule has 0 saturated heterocycles. The number of benzene rings is 2. The van der Waals surface area contributed by atoms with Crippen LogP contribution in [0.2, 0.25) is 5.02 Å². The van der Waals surface area contributed by atoms with E-state index in [9.17, 15) is 4.79 Å². The number of hydrogen-bond donors (Lipinski definition) is 0. The standard InChI is InChI=1S/C20H22ClNO4/c1-24-18-9-14-7-8-22(11-16(14)10-19(18)25-2)20(23)13-26-12-15-5-3-4-6-17(15)21/h3-6,9-10H,7-8,11-13H2,1-2H3. The van der Waals surface area contributed by atoms with Crippen molar-refractivity contribution in [1.29, 1.82) is 0 Å². The lowest BCUT2D eigenvalue weighted by molar-refractivity contribution is -0.137. The number of ether oxygens (including phenoxy) is 3. The first kappa shape index (κ1) is 18.5. The topological polar surface area (TPSA) is 48.0 Å². The number of fused-ring (bicyclic) bond motifs is 1. The van der Waals surface area contributed by atoms with E-state index in [2.05, 4.69) is 0 Å². The van der Waals surface area contributed by atoms with Gasteiger partial charge in [-0.2, -0.15) is 0 Å². The van der Waals surface area contributed by atoms with Crippen molar-refractivity contribution in [2.75, 3.05) is 27.4 Å². The quantitative estimate of drug-likeness (QED) is 0.775. The van der Waals surface area contributed by atoms with E-state index >= 15 is 0 Å². The lowest BCUT2D eigenvalue weighted by Crippen LogP contribution is -2.38. The van der Waals surface area contributed by atoms with Crippen molar-refractivity contribution in [2.24, 2.45) is 0 Å². The van der Waals surface area contributed by atoms with Gasteiger partial charge in [-0.05, 0) is 41.3 Å². The second kappa shape index (κ2) is 8.43. The molecule has 138 valence electrons. The molecule has 0 aliphatic carbocycles. The Morgan fingerprint density at radius 2 is 1.81 bits per heavy atom. The van der Waals surface area contributed by atoms with Gasteiger partial charge in [0.25, 0.3) is 0 Å². The first-order valence-electron chi connectivity index (χ1n) is 8.45. The van der Waals surface area contributed by atoms with Crippen LogP contribution in [0.3, 0.4) is 0 Å². The number of nitrogens with zero attached hydrogens (tertiary/aromatic N) is 1. The molecule has 1 aliphatic heterocycles. The maximum absolute atomic E-state index is 12.5. The van der Waals surface area contributed by atoms with Crippen molar-refractivity contribution in [3.8, 4) is 11.5 Å². The fraction of sp³-hybridized carbons (Fsp3) is 0.350. The molecule has 1 aliphatic rings. The number of methoxy groups -OCH3 is 2. The molecule has 3 rings (SSSR count). The monoisotopic (exact) mass is 375 g/mol. The van der Waals surface area contributed by atoms with Gasteiger partial charge in [0.05, 0.1) is 20.8 Å². The summed E-state index contributed by atoms with van der Waals surface area (Å²) in [6.45, 7) is 1.56. The first-order valence-corrected chi connectivity index (χ1v) is 8.83. The summed E-state index contributed by atoms with van der Waals surface area (Å²) in [6, 6.07) is 11.4. The van der Waals surface area contributed by atoms with Crippen LogP contribution < -0.4 is 9.47 Å². The van der Waals surface area contributed by atoms with Crippen LogP contribution in [0.5, 0.6) is 11.5 Å². The second-order valence-corrected chi connectivity index (χ2v) is 6.53. The molecule has 0 radical (unpaired) electrons. The second-order valence-electron chi connectivity index (χ2n) is 6.13. The minimum Gasteiger partial charge on any atom is -0.493 e. The molecule has 5 nitrogen and oxygen atoms in total. The highest BCUT2D eigenvalue weighted by molar-refractivity contribution is 6.31. The zero-order valence-electron chi connectivity index (χ0n) is 15.0. The highest BCUT2D eigenvalue weighted by Gasteiger charge is 2.22. The van der Waals surface area contributed by atoms with E-state index < -0.39 is 0 Å². The van der Waals surface area contributed by atoms with Gasteiger partial charge in [-0.3, -0.25) is 4.79 Å². The summed E-state index contributed by atoms with van der Waals surface area (Å²) in [6.07, 6.45) is 0.784. The lowest BCUT2D eigenvalue weighted by Gasteiger charge is -2.29. The van der Waals surface area contributed by atoms with Crippen molar-refractivity contribution in [1.82, 2.24) is 4.90 Å². The van der Waals surface area contributed by atoms with E-state index in [0.29, 0.717) is 36.2 Å². The highest BCUT2D eigenvalue weighted by atomic mass is 35.5. The molecule has 1 heterocycles. The van der Waals surface area contributed by atoms with E-state index in [1.54, 1.807) is 19.1 Å². The molecule has 0 saturated carbocycles. The summed E-state index contributed by atoms with van der Waals surface area (Å²) in [5.41, 5.74) is 3.14. The van der Waals surface area contributed by atoms with Crippen molar-refractivity contribution >= 4 is 17.5 Å². The summed E-state index contributed by atoms with van der Waals surface area (Å²) in [7, 11) is 3.23. The van der Waals surface area contributed by atoms with E-state index in [0.717, 1.165) is 17.5 Å². The Bertz CT molecular complexity index is 793. The van der Waals surface area contributed by atoms with E-state index in [1.807, 2.05) is 36.4 Å². The van der Waals surface area contributed by atoms with Gasteiger partial charge in [-0.25, -0.2) is 0 Å². The van der Waals surface area contributed by atoms with E-state index in [-0.39, 0.29) is 12.5 Å². The van der Waals surface area contributed by atoms with Crippen LogP contribution in [0.25, 0.3) is 0 Å². The first-order chi connectivity index (χ1) is 12.6. The summed E-state index contributed by atoms with van der Waals surface area (Å²) < 4.78 is 16.3. The van der Waals surface area contributed by atoms with Gasteiger partial charge in [0.2, 0.25) is 5.91 Å². The van der Waals surface area contributed by atoms with Crippen LogP contribution in [0.15, 0.2) is 36.4 Å². The maximum Gasteiger partial charge on any atom is 0.248 e. The lowest BCUT2D eigenvalue weighted by atomic mass is 9.99. The Morgan fingerprint density at radius 1 is 1.12 bits per heavy atom. The van der Waals surface area contributed by atoms with Crippen molar-refractivity contribution < 1.29 is 19.0 Å². The predicted molar refractivity (Wildman–Crippen MR) is 99.8 cm³/mol. The molecule has 0 unspecified atom stereocenters. The molecule has 0 aromatic heterocycles. The Morgan fingerprint density at radius 3 is 2.50 bits per heavy atom. The predicted octanol–water partition coefficient (Wildman–Crippen LogP) is 3.46. The van der Waals surface area contributed by atoms with Crippen molar-refractivity contribution in [3.63, 3.8) is 0 Å². The normalized spacial score (nSPS) is 13.3. The Kier molecular flexibility index (Phi) is 6.01. The van der Waals surface area contributed by atoms with Crippen LogP contribution in [-0.4, -0.2) is 38.2 Å². The summed E-state index contributed by atoms with van der Waals surface area (Å²) >= 11 is 6.10. The summed E-state index contributed by atoms with van der Waals surface area (Å²) in [5, 5.41) is 0.646. The minimum absolute atomic E-state index is 0.0301. The van der Waals surface area contributed by atoms with Gasteiger partial charge in [-0.1, -0.05) is 29.8 Å². The maximum atomic E-state index is 12.5. The molecule has 0 N–H and O–H groups in total. The Labute approximate surface area is 158 Å². The molecule has 6 heteroatoms. The minimum atomic E-state index is -0.0301. The number of rotatable bonds is 6. The van der Waals surface area contributed by atoms with Crippen LogP contribution >= 0.6 is 11.6 Å². The summed E-state index contributed by atoms with van der Waals surface area (Å²) in [4.78, 5) is 14.3. The smallest absolute Gasteiger partial charge is 0.248 e. The van der Waals surface area contributed by atoms with Crippen molar-refractivity contribution in [2.45, 2.75) is 19.6 Å². The number of carbonyl (C=O) groups excluding carboxylic acids is 1. The van der Waals surface area contributed by atoms with E-state index in [4.69, 9.17) is 25.8 Å². The van der Waals surface area contributed by atoms with Gasteiger partial charge in [0.1, 0.15) is 6.61 Å². The molecule has 0 fully saturated rings. The van der Waals surface area contributed by atoms with Crippen LogP contribution in [0.4, 0.5) is 0 Å². The Hall–Kier alpha value is -2.24. The number of amides is 1. The highest BCUT2D eigenvalue weighted by Crippen LogP contribution is 2.33. The third-order valence-corrected chi connectivity index (χ3v) is 4.88. The average molecular weight is 376 g/mol. The Balaban J connectivity index is 1.59. The number of carbonyl (C=O) groups is 1. The molecule has 0 bridgehead atoms. The summed E-state index contributed by atoms with van der Waals surface area (Å²) in [5.74, 6) is 1.36. The van der Waals surface area contributed by atoms with Crippen LogP contribution in [-0.2, 0) is 29.1 Å². The zero-order valence-corrected chi connectivity index (χ0v) is 15.7. The van der Waals surface area contributed by atoms with Gasteiger partial charge in [0.15, 0.2) is 11.5 Å². The van der Waals surface area contributed by atoms with Crippen LogP contribution in [0.1, 0.15) is 16.7 Å². The van der Waals surface area contributed by atoms with Crippen molar-refractivity contribution in [3.05, 3.63) is 58.1 Å². The fourth-order valence-corrected chi connectivity index (χ4v) is 3.24. The van der Waals surface area contributed by atoms with Gasteiger partial charge in [-0.15, -0.1) is 0 Å². The van der Waals surface area contributed by atoms with Gasteiger partial charge < -0.3 is 19.1 Å². The third-order valence-electron chi connectivity index (χ3n) is 4.51. The number of hydrogen-bond acceptors (Lipinski definition) is 4. The molecule has 2 aromatic carbocycles. The third kappa shape index (κ3) is 4.11. The largest absolute Gasteiger partial charge is 0.493 e.